The summed E-state index contributed by atoms with van der Waals surface area (Å²) in [6, 6.07) is 5.95. The summed E-state index contributed by atoms with van der Waals surface area (Å²) in [5.74, 6) is -0.00315. The van der Waals surface area contributed by atoms with E-state index in [-0.39, 0.29) is 11.4 Å². The molecule has 0 spiro atoms. The minimum absolute atomic E-state index is 0.00315. The van der Waals surface area contributed by atoms with Crippen LogP contribution in [0.5, 0.6) is 0 Å². The summed E-state index contributed by atoms with van der Waals surface area (Å²) >= 11 is 0. The second kappa shape index (κ2) is 5.74. The Labute approximate surface area is 115 Å². The number of carbonyl (C=O) groups excluding carboxylic acids is 1. The van der Waals surface area contributed by atoms with E-state index < -0.39 is 0 Å². The van der Waals surface area contributed by atoms with Gasteiger partial charge in [0.25, 0.3) is 5.91 Å². The van der Waals surface area contributed by atoms with Crippen molar-refractivity contribution in [2.24, 2.45) is 5.73 Å². The monoisotopic (exact) mass is 260 g/mol. The lowest BCUT2D eigenvalue weighted by Crippen LogP contribution is -2.51. The Morgan fingerprint density at radius 3 is 2.63 bits per heavy atom. The molecule has 0 bridgehead atoms. The van der Waals surface area contributed by atoms with Gasteiger partial charge in [-0.15, -0.1) is 0 Å². The van der Waals surface area contributed by atoms with E-state index in [2.05, 4.69) is 5.32 Å². The van der Waals surface area contributed by atoms with E-state index in [1.54, 1.807) is 0 Å². The summed E-state index contributed by atoms with van der Waals surface area (Å²) in [6.45, 7) is 4.55. The quantitative estimate of drug-likeness (QED) is 0.878. The molecule has 1 amide bonds. The molecule has 1 fully saturated rings. The maximum atomic E-state index is 12.2. The molecule has 0 saturated heterocycles. The Morgan fingerprint density at radius 2 is 1.95 bits per heavy atom. The third-order valence-corrected chi connectivity index (χ3v) is 4.09. The molecule has 0 aliphatic heterocycles. The second-order valence-corrected chi connectivity index (χ2v) is 5.92. The number of carbonyl (C=O) groups is 1. The van der Waals surface area contributed by atoms with Crippen LogP contribution in [0.15, 0.2) is 18.2 Å². The summed E-state index contributed by atoms with van der Waals surface area (Å²) in [5, 5.41) is 3.01. The molecule has 0 radical (unpaired) electrons. The smallest absolute Gasteiger partial charge is 0.251 e. The van der Waals surface area contributed by atoms with Gasteiger partial charge in [-0.2, -0.15) is 0 Å². The van der Waals surface area contributed by atoms with Crippen LogP contribution < -0.4 is 11.1 Å². The molecule has 0 aromatic heterocycles. The topological polar surface area (TPSA) is 55.1 Å². The summed E-state index contributed by atoms with van der Waals surface area (Å²) < 4.78 is 0. The Balaban J connectivity index is 1.99. The third kappa shape index (κ3) is 3.57. The first-order chi connectivity index (χ1) is 9.00. The zero-order valence-electron chi connectivity index (χ0n) is 12.0. The normalized spacial score (nSPS) is 18.1. The van der Waals surface area contributed by atoms with E-state index in [1.807, 2.05) is 32.0 Å². The van der Waals surface area contributed by atoms with E-state index in [1.165, 1.54) is 19.3 Å². The minimum atomic E-state index is -0.203. The summed E-state index contributed by atoms with van der Waals surface area (Å²) in [4.78, 5) is 12.2. The fraction of sp³-hybridized carbons (Fsp3) is 0.562. The number of rotatable bonds is 3. The van der Waals surface area contributed by atoms with Gasteiger partial charge in [-0.05, 0) is 38.3 Å². The van der Waals surface area contributed by atoms with E-state index >= 15 is 0 Å². The molecular weight excluding hydrogens is 236 g/mol. The fourth-order valence-electron chi connectivity index (χ4n) is 2.76. The van der Waals surface area contributed by atoms with Gasteiger partial charge in [0.05, 0.1) is 0 Å². The van der Waals surface area contributed by atoms with Crippen molar-refractivity contribution in [1.82, 2.24) is 5.32 Å². The first-order valence-corrected chi connectivity index (χ1v) is 7.15. The van der Waals surface area contributed by atoms with E-state index in [0.717, 1.165) is 29.5 Å². The number of nitrogens with one attached hydrogen (secondary N) is 1. The van der Waals surface area contributed by atoms with Crippen LogP contribution in [-0.2, 0) is 0 Å². The lowest BCUT2D eigenvalue weighted by atomic mass is 9.82. The zero-order valence-corrected chi connectivity index (χ0v) is 12.0. The van der Waals surface area contributed by atoms with Crippen molar-refractivity contribution in [1.29, 1.82) is 0 Å². The summed E-state index contributed by atoms with van der Waals surface area (Å²) in [5.41, 5.74) is 9.02. The van der Waals surface area contributed by atoms with Crippen molar-refractivity contribution in [3.05, 3.63) is 34.9 Å². The zero-order chi connectivity index (χ0) is 13.9. The van der Waals surface area contributed by atoms with Crippen LogP contribution in [0.3, 0.4) is 0 Å². The van der Waals surface area contributed by atoms with Crippen molar-refractivity contribution in [3.63, 3.8) is 0 Å². The largest absolute Gasteiger partial charge is 0.350 e. The predicted molar refractivity (Wildman–Crippen MR) is 78.3 cm³/mol. The van der Waals surface area contributed by atoms with Crippen LogP contribution in [0.4, 0.5) is 0 Å². The van der Waals surface area contributed by atoms with Crippen LogP contribution in [0.2, 0.25) is 0 Å². The molecule has 1 aliphatic rings. The van der Waals surface area contributed by atoms with Gasteiger partial charge < -0.3 is 11.1 Å². The number of amides is 1. The van der Waals surface area contributed by atoms with Gasteiger partial charge in [-0.1, -0.05) is 37.0 Å². The number of benzene rings is 1. The highest BCUT2D eigenvalue weighted by Gasteiger charge is 2.27. The van der Waals surface area contributed by atoms with Crippen LogP contribution in [0.25, 0.3) is 0 Å². The van der Waals surface area contributed by atoms with Crippen molar-refractivity contribution in [2.75, 3.05) is 6.54 Å². The first kappa shape index (κ1) is 14.1. The van der Waals surface area contributed by atoms with Gasteiger partial charge in [0.1, 0.15) is 0 Å². The average Bonchev–Trinajstić information content (AvgIpc) is 2.40. The van der Waals surface area contributed by atoms with Crippen LogP contribution in [0, 0.1) is 13.8 Å². The molecule has 19 heavy (non-hydrogen) atoms. The Hall–Kier alpha value is -1.35. The summed E-state index contributed by atoms with van der Waals surface area (Å²) in [7, 11) is 0. The van der Waals surface area contributed by atoms with Gasteiger partial charge in [0, 0.05) is 17.6 Å². The first-order valence-electron chi connectivity index (χ1n) is 7.15. The van der Waals surface area contributed by atoms with E-state index in [4.69, 9.17) is 5.73 Å². The van der Waals surface area contributed by atoms with Gasteiger partial charge in [0.2, 0.25) is 0 Å². The molecule has 1 aliphatic carbocycles. The standard InChI is InChI=1S/C16H24N2O/c1-12-6-7-13(2)14(10-12)15(19)18-11-16(17)8-4-3-5-9-16/h6-7,10H,3-5,8-9,11,17H2,1-2H3,(H,18,19). The Bertz CT molecular complexity index is 462. The average molecular weight is 260 g/mol. The molecule has 1 aromatic carbocycles. The molecule has 1 aromatic rings. The van der Waals surface area contributed by atoms with Crippen molar-refractivity contribution >= 4 is 5.91 Å². The van der Waals surface area contributed by atoms with Gasteiger partial charge in [-0.25, -0.2) is 0 Å². The molecular formula is C16H24N2O. The fourth-order valence-corrected chi connectivity index (χ4v) is 2.76. The van der Waals surface area contributed by atoms with Crippen molar-refractivity contribution in [2.45, 2.75) is 51.5 Å². The minimum Gasteiger partial charge on any atom is -0.350 e. The lowest BCUT2D eigenvalue weighted by Gasteiger charge is -2.33. The molecule has 2 rings (SSSR count). The number of aryl methyl sites for hydroxylation is 2. The van der Waals surface area contributed by atoms with Crippen LogP contribution >= 0.6 is 0 Å². The molecule has 0 unspecified atom stereocenters. The highest BCUT2D eigenvalue weighted by atomic mass is 16.1. The van der Waals surface area contributed by atoms with Gasteiger partial charge >= 0.3 is 0 Å². The highest BCUT2D eigenvalue weighted by molar-refractivity contribution is 5.95. The van der Waals surface area contributed by atoms with Crippen LogP contribution in [-0.4, -0.2) is 18.0 Å². The van der Waals surface area contributed by atoms with E-state index in [0.29, 0.717) is 6.54 Å². The molecule has 104 valence electrons. The molecule has 0 heterocycles. The highest BCUT2D eigenvalue weighted by Crippen LogP contribution is 2.25. The number of hydrogen-bond donors (Lipinski definition) is 2. The molecule has 1 saturated carbocycles. The molecule has 3 heteroatoms. The predicted octanol–water partition coefficient (Wildman–Crippen LogP) is 2.69. The maximum absolute atomic E-state index is 12.2. The Morgan fingerprint density at radius 1 is 1.26 bits per heavy atom. The van der Waals surface area contributed by atoms with Crippen molar-refractivity contribution < 1.29 is 4.79 Å². The molecule has 3 nitrogen and oxygen atoms in total. The lowest BCUT2D eigenvalue weighted by molar-refractivity contribution is 0.0937. The van der Waals surface area contributed by atoms with Crippen LogP contribution in [0.1, 0.15) is 53.6 Å². The SMILES string of the molecule is Cc1ccc(C)c(C(=O)NCC2(N)CCCCC2)c1. The maximum Gasteiger partial charge on any atom is 0.251 e. The second-order valence-electron chi connectivity index (χ2n) is 5.92. The molecule has 3 N–H and O–H groups in total. The van der Waals surface area contributed by atoms with Crippen molar-refractivity contribution in [3.8, 4) is 0 Å². The number of nitrogens with two attached hydrogens (primary N) is 1. The van der Waals surface area contributed by atoms with Gasteiger partial charge in [0.15, 0.2) is 0 Å². The van der Waals surface area contributed by atoms with Gasteiger partial charge in [-0.3, -0.25) is 4.79 Å². The summed E-state index contributed by atoms with van der Waals surface area (Å²) in [6.07, 6.45) is 5.65. The molecule has 0 atom stereocenters. The number of hydrogen-bond acceptors (Lipinski definition) is 2. The Kier molecular flexibility index (Phi) is 4.25. The third-order valence-electron chi connectivity index (χ3n) is 4.09. The van der Waals surface area contributed by atoms with E-state index in [9.17, 15) is 4.79 Å².